The van der Waals surface area contributed by atoms with Crippen molar-refractivity contribution in [2.75, 3.05) is 43.1 Å². The molecular weight excluding hydrogens is 406 g/mol. The summed E-state index contributed by atoms with van der Waals surface area (Å²) in [7, 11) is 0. The number of rotatable bonds is 8. The van der Waals surface area contributed by atoms with Gasteiger partial charge in [0.25, 0.3) is 0 Å². The van der Waals surface area contributed by atoms with E-state index in [9.17, 15) is 4.79 Å². The molecule has 1 saturated heterocycles. The summed E-state index contributed by atoms with van der Waals surface area (Å²) in [5, 5.41) is 3.99. The summed E-state index contributed by atoms with van der Waals surface area (Å²) in [6.45, 7) is 3.79. The fourth-order valence-corrected chi connectivity index (χ4v) is 4.14. The lowest BCUT2D eigenvalue weighted by molar-refractivity contribution is -0.128. The van der Waals surface area contributed by atoms with Crippen molar-refractivity contribution in [3.63, 3.8) is 0 Å². The summed E-state index contributed by atoms with van der Waals surface area (Å²) in [6.07, 6.45) is 9.28. The van der Waals surface area contributed by atoms with Gasteiger partial charge in [0.1, 0.15) is 0 Å². The van der Waals surface area contributed by atoms with Crippen molar-refractivity contribution in [2.45, 2.75) is 31.8 Å². The Morgan fingerprint density at radius 2 is 1.93 bits per heavy atom. The third-order valence-electron chi connectivity index (χ3n) is 5.57. The molecule has 2 aromatic rings. The van der Waals surface area contributed by atoms with E-state index >= 15 is 0 Å². The number of amides is 1. The largest absolute Gasteiger partial charge is 0.442 e. The van der Waals surface area contributed by atoms with Crippen LogP contribution >= 0.6 is 11.3 Å². The fraction of sp³-hybridized carbons (Fsp3) is 0.600. The Morgan fingerprint density at radius 1 is 1.17 bits per heavy atom. The van der Waals surface area contributed by atoms with Gasteiger partial charge in [0.05, 0.1) is 37.9 Å². The molecule has 0 atom stereocenters. The van der Waals surface area contributed by atoms with Crippen LogP contribution in [0.3, 0.4) is 0 Å². The molecule has 0 spiro atoms. The number of carbonyl (C=O) groups is 1. The van der Waals surface area contributed by atoms with Crippen LogP contribution in [0.15, 0.2) is 18.6 Å². The average Bonchev–Trinajstić information content (AvgIpc) is 3.47. The van der Waals surface area contributed by atoms with Crippen molar-refractivity contribution in [1.82, 2.24) is 15.0 Å². The molecule has 1 amide bonds. The Bertz CT molecular complexity index is 860. The number of anilines is 2. The van der Waals surface area contributed by atoms with Gasteiger partial charge in [-0.15, -0.1) is 0 Å². The quantitative estimate of drug-likeness (QED) is 0.681. The molecule has 3 fully saturated rings. The predicted octanol–water partition coefficient (Wildman–Crippen LogP) is 2.71. The summed E-state index contributed by atoms with van der Waals surface area (Å²) in [4.78, 5) is 27.4. The second kappa shape index (κ2) is 8.83. The molecule has 0 unspecified atom stereocenters. The lowest BCUT2D eigenvalue weighted by Crippen LogP contribution is -2.39. The first-order valence-electron chi connectivity index (χ1n) is 10.4. The van der Waals surface area contributed by atoms with E-state index in [-0.39, 0.29) is 17.9 Å². The number of aromatic nitrogens is 3. The first kappa shape index (κ1) is 19.7. The third kappa shape index (κ3) is 4.88. The SMILES string of the molecule is O=C(Nc1ncc(Oc2cnc(N3CCOCC3)nc2)s1)C1CC(OCC2CC2)C1. The summed E-state index contributed by atoms with van der Waals surface area (Å²) in [5.74, 6) is 1.96. The van der Waals surface area contributed by atoms with Gasteiger partial charge in [0, 0.05) is 25.6 Å². The molecule has 5 rings (SSSR count). The van der Waals surface area contributed by atoms with Crippen LogP contribution in [0.1, 0.15) is 25.7 Å². The molecule has 10 heteroatoms. The number of ether oxygens (including phenoxy) is 3. The molecule has 2 aromatic heterocycles. The maximum Gasteiger partial charge on any atom is 0.229 e. The van der Waals surface area contributed by atoms with Crippen LogP contribution < -0.4 is 15.0 Å². The number of hydrogen-bond acceptors (Lipinski definition) is 9. The van der Waals surface area contributed by atoms with E-state index in [4.69, 9.17) is 14.2 Å². The highest BCUT2D eigenvalue weighted by molar-refractivity contribution is 7.17. The standard InChI is InChI=1S/C20H25N5O4S/c26-18(14-7-15(8-14)28-12-13-1-2-13)24-20-23-11-17(30-20)29-16-9-21-19(22-10-16)25-3-5-27-6-4-25/h9-11,13-15H,1-8,12H2,(H,23,24,26). The lowest BCUT2D eigenvalue weighted by Gasteiger charge is -2.33. The van der Waals surface area contributed by atoms with Crippen LogP contribution in [0, 0.1) is 11.8 Å². The van der Waals surface area contributed by atoms with Crippen LogP contribution in [-0.4, -0.2) is 59.9 Å². The van der Waals surface area contributed by atoms with E-state index in [1.807, 2.05) is 0 Å². The number of morpholine rings is 1. The van der Waals surface area contributed by atoms with Crippen molar-refractivity contribution in [3.8, 4) is 10.8 Å². The minimum absolute atomic E-state index is 0.000342. The molecule has 3 aliphatic rings. The number of thiazole rings is 1. The first-order chi connectivity index (χ1) is 14.7. The van der Waals surface area contributed by atoms with Gasteiger partial charge >= 0.3 is 0 Å². The van der Waals surface area contributed by atoms with Gasteiger partial charge in [0.2, 0.25) is 16.9 Å². The van der Waals surface area contributed by atoms with Crippen LogP contribution in [0.4, 0.5) is 11.1 Å². The Kier molecular flexibility index (Phi) is 5.78. The number of hydrogen-bond donors (Lipinski definition) is 1. The molecule has 0 bridgehead atoms. The van der Waals surface area contributed by atoms with E-state index in [2.05, 4.69) is 25.2 Å². The minimum atomic E-state index is 0.000342. The molecule has 1 N–H and O–H groups in total. The zero-order chi connectivity index (χ0) is 20.3. The number of nitrogens with zero attached hydrogens (tertiary/aromatic N) is 4. The fourth-order valence-electron chi connectivity index (χ4n) is 3.45. The summed E-state index contributed by atoms with van der Waals surface area (Å²) < 4.78 is 16.9. The second-order valence-electron chi connectivity index (χ2n) is 7.96. The van der Waals surface area contributed by atoms with Crippen molar-refractivity contribution in [2.24, 2.45) is 11.8 Å². The Balaban J connectivity index is 1.08. The summed E-state index contributed by atoms with van der Waals surface area (Å²) in [6, 6.07) is 0. The van der Waals surface area contributed by atoms with Crippen LogP contribution in [0.5, 0.6) is 10.8 Å². The molecule has 30 heavy (non-hydrogen) atoms. The molecule has 2 saturated carbocycles. The molecule has 2 aliphatic carbocycles. The van der Waals surface area contributed by atoms with Gasteiger partial charge < -0.3 is 24.4 Å². The van der Waals surface area contributed by atoms with Crippen LogP contribution in [0.25, 0.3) is 0 Å². The van der Waals surface area contributed by atoms with Crippen molar-refractivity contribution >= 4 is 28.3 Å². The predicted molar refractivity (Wildman–Crippen MR) is 111 cm³/mol. The topological polar surface area (TPSA) is 98.7 Å². The maximum atomic E-state index is 12.4. The van der Waals surface area contributed by atoms with Gasteiger partial charge in [-0.25, -0.2) is 15.0 Å². The van der Waals surface area contributed by atoms with Gasteiger partial charge in [-0.2, -0.15) is 0 Å². The molecule has 0 radical (unpaired) electrons. The Morgan fingerprint density at radius 3 is 2.67 bits per heavy atom. The highest BCUT2D eigenvalue weighted by Gasteiger charge is 2.36. The van der Waals surface area contributed by atoms with Crippen molar-refractivity contribution < 1.29 is 19.0 Å². The van der Waals surface area contributed by atoms with Gasteiger partial charge in [-0.1, -0.05) is 11.3 Å². The molecule has 1 aliphatic heterocycles. The van der Waals surface area contributed by atoms with E-state index in [1.54, 1.807) is 18.6 Å². The maximum absolute atomic E-state index is 12.4. The first-order valence-corrected chi connectivity index (χ1v) is 11.3. The van der Waals surface area contributed by atoms with Crippen LogP contribution in [0.2, 0.25) is 0 Å². The highest BCUT2D eigenvalue weighted by atomic mass is 32.1. The Labute approximate surface area is 178 Å². The van der Waals surface area contributed by atoms with Gasteiger partial charge in [-0.3, -0.25) is 4.79 Å². The molecule has 0 aromatic carbocycles. The van der Waals surface area contributed by atoms with E-state index < -0.39 is 0 Å². The van der Waals surface area contributed by atoms with Crippen molar-refractivity contribution in [3.05, 3.63) is 18.6 Å². The molecule has 3 heterocycles. The Hall–Kier alpha value is -2.30. The lowest BCUT2D eigenvalue weighted by atomic mass is 9.81. The van der Waals surface area contributed by atoms with E-state index in [0.29, 0.717) is 35.1 Å². The number of carbonyl (C=O) groups excluding carboxylic acids is 1. The minimum Gasteiger partial charge on any atom is -0.442 e. The normalized spacial score (nSPS) is 23.7. The summed E-state index contributed by atoms with van der Waals surface area (Å²) in [5.41, 5.74) is 0. The third-order valence-corrected chi connectivity index (χ3v) is 6.36. The average molecular weight is 432 g/mol. The smallest absolute Gasteiger partial charge is 0.229 e. The molecular formula is C20H25N5O4S. The zero-order valence-corrected chi connectivity index (χ0v) is 17.5. The number of nitrogens with one attached hydrogen (secondary N) is 1. The van der Waals surface area contributed by atoms with Gasteiger partial charge in [-0.05, 0) is 31.6 Å². The van der Waals surface area contributed by atoms with E-state index in [0.717, 1.165) is 38.5 Å². The molecule has 160 valence electrons. The van der Waals surface area contributed by atoms with Crippen molar-refractivity contribution in [1.29, 1.82) is 0 Å². The second-order valence-corrected chi connectivity index (χ2v) is 8.95. The zero-order valence-electron chi connectivity index (χ0n) is 16.7. The van der Waals surface area contributed by atoms with Crippen LogP contribution in [-0.2, 0) is 14.3 Å². The summed E-state index contributed by atoms with van der Waals surface area (Å²) >= 11 is 1.28. The highest BCUT2D eigenvalue weighted by Crippen LogP contribution is 2.36. The monoisotopic (exact) mass is 431 g/mol. The van der Waals surface area contributed by atoms with Gasteiger partial charge in [0.15, 0.2) is 10.9 Å². The van der Waals surface area contributed by atoms with E-state index in [1.165, 1.54) is 24.2 Å². The molecule has 9 nitrogen and oxygen atoms in total.